The van der Waals surface area contributed by atoms with Crippen molar-refractivity contribution in [2.24, 2.45) is 23.7 Å². The van der Waals surface area contributed by atoms with Crippen LogP contribution in [0.15, 0.2) is 24.5 Å². The topological polar surface area (TPSA) is 95.1 Å². The number of imidazole rings is 1. The van der Waals surface area contributed by atoms with Gasteiger partial charge in [-0.05, 0) is 24.7 Å². The van der Waals surface area contributed by atoms with Gasteiger partial charge in [0, 0.05) is 25.4 Å². The van der Waals surface area contributed by atoms with Gasteiger partial charge < -0.3 is 15.4 Å². The second-order valence-electron chi connectivity index (χ2n) is 5.77. The number of hydrogen-bond donors (Lipinski definition) is 3. The quantitative estimate of drug-likeness (QED) is 0.537. The number of aromatic amines is 1. The number of carboxylic acid groups (broad SMARTS) is 1. The van der Waals surface area contributed by atoms with E-state index in [1.54, 1.807) is 12.4 Å². The standard InChI is InChI=1S/C15H19N3O3/c19-14(18-5-1-2-11-16-6-7-17-11)12-9-3-4-10(8-9)13(12)15(20)21/h3-4,6-7,9-10,12-13H,1-2,5,8H2,(H,16,17)(H,18,19)(H,20,21)/t9?,10?,12-,13+/m0/s1. The lowest BCUT2D eigenvalue weighted by atomic mass is 9.82. The summed E-state index contributed by atoms with van der Waals surface area (Å²) >= 11 is 0. The Bertz CT molecular complexity index is 553. The molecule has 21 heavy (non-hydrogen) atoms. The summed E-state index contributed by atoms with van der Waals surface area (Å²) in [5.41, 5.74) is 0. The van der Waals surface area contributed by atoms with Crippen molar-refractivity contribution in [2.45, 2.75) is 19.3 Å². The predicted octanol–water partition coefficient (Wildman–Crippen LogP) is 0.981. The van der Waals surface area contributed by atoms with Crippen LogP contribution in [-0.4, -0.2) is 33.5 Å². The normalized spacial score (nSPS) is 29.7. The molecule has 0 radical (unpaired) electrons. The zero-order valence-corrected chi connectivity index (χ0v) is 11.7. The number of nitrogens with zero attached hydrogens (tertiary/aromatic N) is 1. The summed E-state index contributed by atoms with van der Waals surface area (Å²) < 4.78 is 0. The van der Waals surface area contributed by atoms with Crippen molar-refractivity contribution >= 4 is 11.9 Å². The highest BCUT2D eigenvalue weighted by molar-refractivity contribution is 5.86. The Kier molecular flexibility index (Phi) is 3.77. The summed E-state index contributed by atoms with van der Waals surface area (Å²) in [5.74, 6) is -0.962. The molecule has 1 heterocycles. The molecule has 2 aliphatic carbocycles. The number of nitrogens with one attached hydrogen (secondary N) is 2. The molecule has 3 rings (SSSR count). The predicted molar refractivity (Wildman–Crippen MR) is 75.3 cm³/mol. The molecule has 1 saturated carbocycles. The number of allylic oxidation sites excluding steroid dienone is 2. The molecule has 0 aromatic carbocycles. The van der Waals surface area contributed by atoms with Gasteiger partial charge in [-0.1, -0.05) is 12.2 Å². The number of aliphatic carboxylic acids is 1. The van der Waals surface area contributed by atoms with Crippen molar-refractivity contribution in [3.63, 3.8) is 0 Å². The molecule has 2 aliphatic rings. The van der Waals surface area contributed by atoms with E-state index in [1.807, 2.05) is 12.2 Å². The Labute approximate surface area is 122 Å². The van der Waals surface area contributed by atoms with E-state index in [1.165, 1.54) is 0 Å². The van der Waals surface area contributed by atoms with Gasteiger partial charge in [-0.15, -0.1) is 0 Å². The van der Waals surface area contributed by atoms with Gasteiger partial charge >= 0.3 is 5.97 Å². The molecule has 3 N–H and O–H groups in total. The molecular weight excluding hydrogens is 270 g/mol. The number of H-pyrrole nitrogens is 1. The molecular formula is C15H19N3O3. The van der Waals surface area contributed by atoms with E-state index in [0.29, 0.717) is 6.54 Å². The van der Waals surface area contributed by atoms with E-state index in [-0.39, 0.29) is 17.7 Å². The zero-order valence-electron chi connectivity index (χ0n) is 11.7. The fourth-order valence-electron chi connectivity index (χ4n) is 3.54. The largest absolute Gasteiger partial charge is 0.481 e. The number of rotatable bonds is 6. The average Bonchev–Trinajstić information content (AvgIpc) is 3.18. The minimum atomic E-state index is -0.859. The molecule has 4 atom stereocenters. The van der Waals surface area contributed by atoms with Crippen molar-refractivity contribution in [1.29, 1.82) is 0 Å². The highest BCUT2D eigenvalue weighted by atomic mass is 16.4. The Hall–Kier alpha value is -2.11. The van der Waals surface area contributed by atoms with Gasteiger partial charge in [0.05, 0.1) is 11.8 Å². The van der Waals surface area contributed by atoms with Crippen LogP contribution in [0.1, 0.15) is 18.7 Å². The molecule has 1 aromatic heterocycles. The highest BCUT2D eigenvalue weighted by Crippen LogP contribution is 2.48. The molecule has 6 nitrogen and oxygen atoms in total. The summed E-state index contributed by atoms with van der Waals surface area (Å²) in [6.07, 6.45) is 9.77. The lowest BCUT2D eigenvalue weighted by Crippen LogP contribution is -2.40. The second-order valence-corrected chi connectivity index (χ2v) is 5.77. The fourth-order valence-corrected chi connectivity index (χ4v) is 3.54. The number of aryl methyl sites for hydroxylation is 1. The second kappa shape index (κ2) is 5.71. The maximum Gasteiger partial charge on any atom is 0.307 e. The third-order valence-electron chi connectivity index (χ3n) is 4.49. The van der Waals surface area contributed by atoms with E-state index in [9.17, 15) is 14.7 Å². The Balaban J connectivity index is 1.51. The van der Waals surface area contributed by atoms with Crippen molar-refractivity contribution in [1.82, 2.24) is 15.3 Å². The first-order valence-electron chi connectivity index (χ1n) is 7.34. The van der Waals surface area contributed by atoms with E-state index >= 15 is 0 Å². The molecule has 1 aromatic rings. The number of carbonyl (C=O) groups is 2. The SMILES string of the molecule is O=C(O)[C@@H]1C2C=CC(C2)[C@@H]1C(=O)NCCCc1ncc[nH]1. The molecule has 2 bridgehead atoms. The van der Waals surface area contributed by atoms with Crippen LogP contribution in [0.2, 0.25) is 0 Å². The smallest absolute Gasteiger partial charge is 0.307 e. The van der Waals surface area contributed by atoms with Gasteiger partial charge in [0.25, 0.3) is 0 Å². The van der Waals surface area contributed by atoms with Crippen LogP contribution in [0, 0.1) is 23.7 Å². The number of carbonyl (C=O) groups excluding carboxylic acids is 1. The van der Waals surface area contributed by atoms with Crippen LogP contribution in [0.25, 0.3) is 0 Å². The fraction of sp³-hybridized carbons (Fsp3) is 0.533. The molecule has 112 valence electrons. The van der Waals surface area contributed by atoms with Gasteiger partial charge in [0.1, 0.15) is 5.82 Å². The summed E-state index contributed by atoms with van der Waals surface area (Å²) in [6, 6.07) is 0. The first-order chi connectivity index (χ1) is 10.2. The van der Waals surface area contributed by atoms with Crippen LogP contribution >= 0.6 is 0 Å². The first kappa shape index (κ1) is 13.9. The van der Waals surface area contributed by atoms with E-state index in [2.05, 4.69) is 15.3 Å². The van der Waals surface area contributed by atoms with Gasteiger partial charge in [-0.25, -0.2) is 4.98 Å². The monoisotopic (exact) mass is 289 g/mol. The number of aromatic nitrogens is 2. The molecule has 1 fully saturated rings. The van der Waals surface area contributed by atoms with Gasteiger partial charge in [-0.2, -0.15) is 0 Å². The first-order valence-corrected chi connectivity index (χ1v) is 7.34. The summed E-state index contributed by atoms with van der Waals surface area (Å²) in [7, 11) is 0. The summed E-state index contributed by atoms with van der Waals surface area (Å²) in [6.45, 7) is 0.545. The Morgan fingerprint density at radius 1 is 1.33 bits per heavy atom. The average molecular weight is 289 g/mol. The number of carboxylic acids is 1. The van der Waals surface area contributed by atoms with E-state index < -0.39 is 17.8 Å². The van der Waals surface area contributed by atoms with Crippen LogP contribution < -0.4 is 5.32 Å². The summed E-state index contributed by atoms with van der Waals surface area (Å²) in [5, 5.41) is 12.2. The highest BCUT2D eigenvalue weighted by Gasteiger charge is 2.51. The van der Waals surface area contributed by atoms with Gasteiger partial charge in [-0.3, -0.25) is 9.59 Å². The molecule has 1 amide bonds. The molecule has 6 heteroatoms. The van der Waals surface area contributed by atoms with Crippen molar-refractivity contribution < 1.29 is 14.7 Å². The van der Waals surface area contributed by atoms with Crippen LogP contribution in [0.3, 0.4) is 0 Å². The lowest BCUT2D eigenvalue weighted by Gasteiger charge is -2.23. The Morgan fingerprint density at radius 3 is 2.76 bits per heavy atom. The lowest BCUT2D eigenvalue weighted by molar-refractivity contribution is -0.147. The van der Waals surface area contributed by atoms with Crippen LogP contribution in [0.5, 0.6) is 0 Å². The Morgan fingerprint density at radius 2 is 2.10 bits per heavy atom. The third-order valence-corrected chi connectivity index (χ3v) is 4.49. The minimum Gasteiger partial charge on any atom is -0.481 e. The van der Waals surface area contributed by atoms with E-state index in [0.717, 1.165) is 25.1 Å². The number of fused-ring (bicyclic) bond motifs is 2. The van der Waals surface area contributed by atoms with Gasteiger partial charge in [0.2, 0.25) is 5.91 Å². The maximum atomic E-state index is 12.3. The number of hydrogen-bond acceptors (Lipinski definition) is 3. The zero-order chi connectivity index (χ0) is 14.8. The van der Waals surface area contributed by atoms with Crippen LogP contribution in [-0.2, 0) is 16.0 Å². The van der Waals surface area contributed by atoms with Crippen molar-refractivity contribution in [2.75, 3.05) is 6.54 Å². The molecule has 0 saturated heterocycles. The summed E-state index contributed by atoms with van der Waals surface area (Å²) in [4.78, 5) is 30.8. The third kappa shape index (κ3) is 2.70. The van der Waals surface area contributed by atoms with E-state index in [4.69, 9.17) is 0 Å². The maximum absolute atomic E-state index is 12.3. The van der Waals surface area contributed by atoms with Gasteiger partial charge in [0.15, 0.2) is 0 Å². The number of amides is 1. The van der Waals surface area contributed by atoms with Crippen molar-refractivity contribution in [3.8, 4) is 0 Å². The minimum absolute atomic E-state index is 0.0198. The molecule has 0 spiro atoms. The van der Waals surface area contributed by atoms with Crippen molar-refractivity contribution in [3.05, 3.63) is 30.4 Å². The molecule has 2 unspecified atom stereocenters. The van der Waals surface area contributed by atoms with Crippen LogP contribution in [0.4, 0.5) is 0 Å². The molecule has 0 aliphatic heterocycles.